The van der Waals surface area contributed by atoms with E-state index in [1.54, 1.807) is 19.1 Å². The molecule has 1 N–H and O–H groups in total. The van der Waals surface area contributed by atoms with Gasteiger partial charge in [0.2, 0.25) is 11.8 Å². The Morgan fingerprint density at radius 1 is 1.35 bits per heavy atom. The first-order valence-corrected chi connectivity index (χ1v) is 5.22. The van der Waals surface area contributed by atoms with E-state index in [9.17, 15) is 0 Å². The second-order valence-electron chi connectivity index (χ2n) is 3.71. The average Bonchev–Trinajstić information content (AvgIpc) is 2.74. The van der Waals surface area contributed by atoms with E-state index in [0.29, 0.717) is 23.9 Å². The Kier molecular flexibility index (Phi) is 3.06. The van der Waals surface area contributed by atoms with Crippen LogP contribution in [0.3, 0.4) is 0 Å². The third kappa shape index (κ3) is 2.61. The first kappa shape index (κ1) is 11.1. The molecule has 0 saturated heterocycles. The van der Waals surface area contributed by atoms with Gasteiger partial charge in [-0.05, 0) is 24.6 Å². The van der Waals surface area contributed by atoms with Crippen LogP contribution in [0.1, 0.15) is 22.9 Å². The summed E-state index contributed by atoms with van der Waals surface area (Å²) in [6.07, 6.45) is 0. The molecule has 1 aromatic heterocycles. The molecule has 0 radical (unpaired) electrons. The van der Waals surface area contributed by atoms with Gasteiger partial charge in [-0.1, -0.05) is 6.07 Å². The van der Waals surface area contributed by atoms with E-state index in [4.69, 9.17) is 9.68 Å². The highest BCUT2D eigenvalue weighted by Crippen LogP contribution is 2.17. The van der Waals surface area contributed by atoms with Gasteiger partial charge >= 0.3 is 0 Å². The first-order chi connectivity index (χ1) is 8.19. The van der Waals surface area contributed by atoms with Crippen molar-refractivity contribution < 1.29 is 4.42 Å². The zero-order valence-electron chi connectivity index (χ0n) is 9.69. The van der Waals surface area contributed by atoms with Gasteiger partial charge in [-0.3, -0.25) is 0 Å². The fourth-order valence-corrected chi connectivity index (χ4v) is 1.46. The molecule has 0 fully saturated rings. The van der Waals surface area contributed by atoms with Crippen molar-refractivity contribution in [3.05, 3.63) is 41.1 Å². The summed E-state index contributed by atoms with van der Waals surface area (Å²) in [5, 5.41) is 19.6. The average molecular weight is 228 g/mol. The van der Waals surface area contributed by atoms with Gasteiger partial charge < -0.3 is 9.73 Å². The topological polar surface area (TPSA) is 74.7 Å². The summed E-state index contributed by atoms with van der Waals surface area (Å²) in [5.74, 6) is 1.08. The van der Waals surface area contributed by atoms with E-state index < -0.39 is 0 Å². The Labute approximate surface area is 99.1 Å². The van der Waals surface area contributed by atoms with Gasteiger partial charge in [-0.2, -0.15) is 5.26 Å². The standard InChI is InChI=1S/C12H12N4O/c1-8-3-4-10(6-13)5-11(8)14-7-12-16-15-9(2)17-12/h3-5,14H,7H2,1-2H3. The third-order valence-electron chi connectivity index (χ3n) is 2.36. The van der Waals surface area contributed by atoms with Gasteiger partial charge in [0.1, 0.15) is 0 Å². The zero-order valence-corrected chi connectivity index (χ0v) is 9.69. The van der Waals surface area contributed by atoms with E-state index in [2.05, 4.69) is 21.6 Å². The minimum Gasteiger partial charge on any atom is -0.424 e. The van der Waals surface area contributed by atoms with Gasteiger partial charge in [0.05, 0.1) is 18.2 Å². The number of rotatable bonds is 3. The molecule has 86 valence electrons. The van der Waals surface area contributed by atoms with E-state index in [1.165, 1.54) is 0 Å². The quantitative estimate of drug-likeness (QED) is 0.871. The Balaban J connectivity index is 2.11. The molecule has 5 heteroatoms. The summed E-state index contributed by atoms with van der Waals surface area (Å²) >= 11 is 0. The van der Waals surface area contributed by atoms with Crippen LogP contribution in [0.25, 0.3) is 0 Å². The number of hydrogen-bond acceptors (Lipinski definition) is 5. The summed E-state index contributed by atoms with van der Waals surface area (Å²) in [7, 11) is 0. The molecular weight excluding hydrogens is 216 g/mol. The van der Waals surface area contributed by atoms with Crippen molar-refractivity contribution in [2.24, 2.45) is 0 Å². The zero-order chi connectivity index (χ0) is 12.3. The van der Waals surface area contributed by atoms with Crippen molar-refractivity contribution in [1.29, 1.82) is 5.26 Å². The van der Waals surface area contributed by atoms with Gasteiger partial charge in [-0.15, -0.1) is 10.2 Å². The molecule has 0 spiro atoms. The summed E-state index contributed by atoms with van der Waals surface area (Å²) in [5.41, 5.74) is 2.60. The van der Waals surface area contributed by atoms with Crippen molar-refractivity contribution in [2.45, 2.75) is 20.4 Å². The SMILES string of the molecule is Cc1nnc(CNc2cc(C#N)ccc2C)o1. The molecule has 2 rings (SSSR count). The molecule has 0 atom stereocenters. The molecular formula is C12H12N4O. The second-order valence-corrected chi connectivity index (χ2v) is 3.71. The summed E-state index contributed by atoms with van der Waals surface area (Å²) in [4.78, 5) is 0. The molecule has 0 bridgehead atoms. The van der Waals surface area contributed by atoms with Crippen LogP contribution in [0.15, 0.2) is 22.6 Å². The van der Waals surface area contributed by atoms with Crippen LogP contribution >= 0.6 is 0 Å². The van der Waals surface area contributed by atoms with Crippen molar-refractivity contribution in [2.75, 3.05) is 5.32 Å². The van der Waals surface area contributed by atoms with Crippen LogP contribution in [0.2, 0.25) is 0 Å². The maximum absolute atomic E-state index is 8.82. The lowest BCUT2D eigenvalue weighted by atomic mass is 10.1. The number of anilines is 1. The Bertz CT molecular complexity index is 568. The van der Waals surface area contributed by atoms with Crippen LogP contribution < -0.4 is 5.32 Å². The number of benzene rings is 1. The molecule has 0 amide bonds. The summed E-state index contributed by atoms with van der Waals surface area (Å²) in [6, 6.07) is 7.60. The van der Waals surface area contributed by atoms with E-state index in [1.807, 2.05) is 13.0 Å². The van der Waals surface area contributed by atoms with Crippen LogP contribution in [-0.2, 0) is 6.54 Å². The number of aromatic nitrogens is 2. The molecule has 0 aliphatic rings. The van der Waals surface area contributed by atoms with Gasteiger partial charge in [-0.25, -0.2) is 0 Å². The number of nitriles is 1. The van der Waals surface area contributed by atoms with Crippen molar-refractivity contribution >= 4 is 5.69 Å². The molecule has 0 unspecified atom stereocenters. The van der Waals surface area contributed by atoms with Gasteiger partial charge in [0.25, 0.3) is 0 Å². The van der Waals surface area contributed by atoms with Crippen LogP contribution in [-0.4, -0.2) is 10.2 Å². The summed E-state index contributed by atoms with van der Waals surface area (Å²) in [6.45, 7) is 4.18. The Hall–Kier alpha value is -2.35. The van der Waals surface area contributed by atoms with Crippen LogP contribution in [0.4, 0.5) is 5.69 Å². The molecule has 2 aromatic rings. The molecule has 0 aliphatic carbocycles. The predicted molar refractivity (Wildman–Crippen MR) is 62.3 cm³/mol. The molecule has 1 aromatic carbocycles. The van der Waals surface area contributed by atoms with E-state index >= 15 is 0 Å². The first-order valence-electron chi connectivity index (χ1n) is 5.22. The number of aryl methyl sites for hydroxylation is 2. The monoisotopic (exact) mass is 228 g/mol. The lowest BCUT2D eigenvalue weighted by molar-refractivity contribution is 0.475. The predicted octanol–water partition coefficient (Wildman–Crippen LogP) is 2.17. The van der Waals surface area contributed by atoms with Crippen molar-refractivity contribution in [3.8, 4) is 6.07 Å². The second kappa shape index (κ2) is 4.66. The Morgan fingerprint density at radius 2 is 2.18 bits per heavy atom. The molecule has 1 heterocycles. The van der Waals surface area contributed by atoms with Gasteiger partial charge in [0.15, 0.2) is 0 Å². The fourth-order valence-electron chi connectivity index (χ4n) is 1.46. The van der Waals surface area contributed by atoms with Crippen molar-refractivity contribution in [3.63, 3.8) is 0 Å². The third-order valence-corrected chi connectivity index (χ3v) is 2.36. The van der Waals surface area contributed by atoms with Crippen molar-refractivity contribution in [1.82, 2.24) is 10.2 Å². The highest BCUT2D eigenvalue weighted by Gasteiger charge is 2.04. The highest BCUT2D eigenvalue weighted by atomic mass is 16.4. The highest BCUT2D eigenvalue weighted by molar-refractivity contribution is 5.55. The lowest BCUT2D eigenvalue weighted by Gasteiger charge is -2.07. The smallest absolute Gasteiger partial charge is 0.235 e. The Morgan fingerprint density at radius 3 is 2.82 bits per heavy atom. The molecule has 5 nitrogen and oxygen atoms in total. The normalized spacial score (nSPS) is 9.94. The fraction of sp³-hybridized carbons (Fsp3) is 0.250. The van der Waals surface area contributed by atoms with Crippen LogP contribution in [0, 0.1) is 25.2 Å². The molecule has 0 aliphatic heterocycles. The maximum Gasteiger partial charge on any atom is 0.235 e. The number of hydrogen-bond donors (Lipinski definition) is 1. The largest absolute Gasteiger partial charge is 0.424 e. The minimum absolute atomic E-state index is 0.455. The number of nitrogens with zero attached hydrogens (tertiary/aromatic N) is 3. The van der Waals surface area contributed by atoms with Crippen LogP contribution in [0.5, 0.6) is 0 Å². The summed E-state index contributed by atoms with van der Waals surface area (Å²) < 4.78 is 5.25. The lowest BCUT2D eigenvalue weighted by Crippen LogP contribution is -2.01. The van der Waals surface area contributed by atoms with E-state index in [0.717, 1.165) is 11.3 Å². The molecule has 0 saturated carbocycles. The maximum atomic E-state index is 8.82. The van der Waals surface area contributed by atoms with E-state index in [-0.39, 0.29) is 0 Å². The minimum atomic E-state index is 0.455. The van der Waals surface area contributed by atoms with Gasteiger partial charge in [0, 0.05) is 12.6 Å². The number of nitrogens with one attached hydrogen (secondary N) is 1. The molecule has 17 heavy (non-hydrogen) atoms.